The molecule has 0 aliphatic heterocycles. The second-order valence-corrected chi connectivity index (χ2v) is 6.32. The van der Waals surface area contributed by atoms with Crippen molar-refractivity contribution in [2.75, 3.05) is 0 Å². The van der Waals surface area contributed by atoms with E-state index in [-0.39, 0.29) is 30.7 Å². The Labute approximate surface area is 161 Å². The predicted molar refractivity (Wildman–Crippen MR) is 104 cm³/mol. The zero-order chi connectivity index (χ0) is 16.1. The van der Waals surface area contributed by atoms with Gasteiger partial charge >= 0.3 is 0 Å². The summed E-state index contributed by atoms with van der Waals surface area (Å²) in [5, 5.41) is 2.96. The van der Waals surface area contributed by atoms with Crippen LogP contribution in [0.15, 0.2) is 42.7 Å². The van der Waals surface area contributed by atoms with E-state index in [1.165, 1.54) is 5.56 Å². The van der Waals surface area contributed by atoms with E-state index in [1.54, 1.807) is 6.20 Å². The fraction of sp³-hybridized carbons (Fsp3) is 0.444. The van der Waals surface area contributed by atoms with Crippen molar-refractivity contribution in [2.45, 2.75) is 50.7 Å². The maximum Gasteiger partial charge on any atom is 0.240 e. The van der Waals surface area contributed by atoms with Crippen molar-refractivity contribution >= 4 is 30.7 Å². The molecule has 1 saturated carbocycles. The molecular weight excluding hydrogens is 359 g/mol. The molecule has 2 aromatic rings. The van der Waals surface area contributed by atoms with E-state index in [2.05, 4.69) is 27.0 Å². The third-order valence-electron chi connectivity index (χ3n) is 4.64. The summed E-state index contributed by atoms with van der Waals surface area (Å²) in [6.07, 6.45) is 8.31. The first-order valence-electron chi connectivity index (χ1n) is 8.28. The lowest BCUT2D eigenvalue weighted by atomic mass is 9.98. The normalized spacial score (nSPS) is 15.1. The van der Waals surface area contributed by atoms with Crippen LogP contribution in [0.25, 0.3) is 0 Å². The van der Waals surface area contributed by atoms with Gasteiger partial charge in [0.1, 0.15) is 5.82 Å². The lowest BCUT2D eigenvalue weighted by Gasteiger charge is -2.22. The first kappa shape index (κ1) is 21.5. The number of carbonyl (C=O) groups excluding carboxylic acids is 1. The number of amides is 1. The van der Waals surface area contributed by atoms with Crippen molar-refractivity contribution in [3.05, 3.63) is 54.1 Å². The average molecular weight is 385 g/mol. The number of nitrogens with two attached hydrogens (primary N) is 1. The molecule has 0 atom stereocenters. The van der Waals surface area contributed by atoms with Crippen LogP contribution in [0.1, 0.15) is 37.1 Å². The van der Waals surface area contributed by atoms with E-state index in [1.807, 2.05) is 24.4 Å². The summed E-state index contributed by atoms with van der Waals surface area (Å²) in [6, 6.07) is 10.4. The fourth-order valence-corrected chi connectivity index (χ4v) is 3.17. The number of benzene rings is 1. The first-order valence-corrected chi connectivity index (χ1v) is 8.28. The molecule has 7 heteroatoms. The van der Waals surface area contributed by atoms with Crippen LogP contribution >= 0.6 is 24.8 Å². The van der Waals surface area contributed by atoms with Gasteiger partial charge in [0, 0.05) is 18.9 Å². The van der Waals surface area contributed by atoms with Gasteiger partial charge in [0.15, 0.2) is 0 Å². The minimum Gasteiger partial charge on any atom is -0.347 e. The zero-order valence-electron chi connectivity index (χ0n) is 14.2. The van der Waals surface area contributed by atoms with E-state index in [0.717, 1.165) is 44.5 Å². The number of aromatic nitrogens is 2. The lowest BCUT2D eigenvalue weighted by Crippen LogP contribution is -2.51. The molecule has 1 heterocycles. The third-order valence-corrected chi connectivity index (χ3v) is 4.64. The molecule has 25 heavy (non-hydrogen) atoms. The molecule has 1 aromatic heterocycles. The van der Waals surface area contributed by atoms with Gasteiger partial charge in [0.05, 0.1) is 12.1 Å². The lowest BCUT2D eigenvalue weighted by molar-refractivity contribution is -0.126. The van der Waals surface area contributed by atoms with Crippen LogP contribution in [0.5, 0.6) is 0 Å². The highest BCUT2D eigenvalue weighted by Crippen LogP contribution is 2.27. The Hall–Kier alpha value is -1.56. The summed E-state index contributed by atoms with van der Waals surface area (Å²) >= 11 is 0. The van der Waals surface area contributed by atoms with Crippen molar-refractivity contribution in [3.63, 3.8) is 0 Å². The predicted octanol–water partition coefficient (Wildman–Crippen LogP) is 2.86. The highest BCUT2D eigenvalue weighted by molar-refractivity contribution is 5.86. The Morgan fingerprint density at radius 3 is 2.56 bits per heavy atom. The van der Waals surface area contributed by atoms with Crippen LogP contribution in [0, 0.1) is 0 Å². The van der Waals surface area contributed by atoms with Gasteiger partial charge in [0.2, 0.25) is 5.91 Å². The molecule has 1 aliphatic carbocycles. The minimum absolute atomic E-state index is 0. The quantitative estimate of drug-likeness (QED) is 0.803. The molecule has 3 N–H and O–H groups in total. The molecule has 0 radical (unpaired) electrons. The van der Waals surface area contributed by atoms with Crippen LogP contribution < -0.4 is 11.1 Å². The van der Waals surface area contributed by atoms with E-state index in [9.17, 15) is 4.79 Å². The number of hydrogen-bond donors (Lipinski definition) is 2. The first-order chi connectivity index (χ1) is 11.2. The summed E-state index contributed by atoms with van der Waals surface area (Å²) < 4.78 is 2.09. The van der Waals surface area contributed by atoms with Crippen molar-refractivity contribution in [1.29, 1.82) is 0 Å². The minimum atomic E-state index is -0.679. The molecule has 1 aromatic carbocycles. The van der Waals surface area contributed by atoms with Crippen LogP contribution in [-0.4, -0.2) is 21.0 Å². The topological polar surface area (TPSA) is 72.9 Å². The smallest absolute Gasteiger partial charge is 0.240 e. The van der Waals surface area contributed by atoms with Gasteiger partial charge in [-0.3, -0.25) is 4.79 Å². The molecule has 5 nitrogen and oxygen atoms in total. The summed E-state index contributed by atoms with van der Waals surface area (Å²) in [5.41, 5.74) is 6.79. The van der Waals surface area contributed by atoms with Crippen LogP contribution in [-0.2, 0) is 24.3 Å². The Bertz CT molecular complexity index is 654. The van der Waals surface area contributed by atoms with E-state index < -0.39 is 5.54 Å². The van der Waals surface area contributed by atoms with Crippen LogP contribution in [0.2, 0.25) is 0 Å². The molecule has 0 saturated heterocycles. The van der Waals surface area contributed by atoms with E-state index in [4.69, 9.17) is 5.73 Å². The van der Waals surface area contributed by atoms with Crippen LogP contribution in [0.3, 0.4) is 0 Å². The summed E-state index contributed by atoms with van der Waals surface area (Å²) in [4.78, 5) is 16.6. The zero-order valence-corrected chi connectivity index (χ0v) is 15.8. The van der Waals surface area contributed by atoms with Crippen LogP contribution in [0.4, 0.5) is 0 Å². The molecular formula is C18H26Cl2N4O. The third kappa shape index (κ3) is 5.46. The summed E-state index contributed by atoms with van der Waals surface area (Å²) in [7, 11) is 0. The molecule has 1 fully saturated rings. The van der Waals surface area contributed by atoms with E-state index in [0.29, 0.717) is 6.54 Å². The summed E-state index contributed by atoms with van der Waals surface area (Å²) in [6.45, 7) is 1.28. The Morgan fingerprint density at radius 2 is 1.88 bits per heavy atom. The highest BCUT2D eigenvalue weighted by Gasteiger charge is 2.36. The standard InChI is InChI=1S/C18H24N4O.2ClH/c19-18(9-4-5-10-18)17(23)21-14-16-20-11-13-22(16)12-8-15-6-2-1-3-7-15;;/h1-3,6-7,11,13H,4-5,8-10,12,14,19H2,(H,21,23);2*1H. The molecule has 138 valence electrons. The monoisotopic (exact) mass is 384 g/mol. The fourth-order valence-electron chi connectivity index (χ4n) is 3.17. The van der Waals surface area contributed by atoms with Gasteiger partial charge < -0.3 is 15.6 Å². The van der Waals surface area contributed by atoms with Gasteiger partial charge in [-0.1, -0.05) is 43.2 Å². The summed E-state index contributed by atoms with van der Waals surface area (Å²) in [5.74, 6) is 0.823. The molecule has 3 rings (SSSR count). The molecule has 1 aliphatic rings. The SMILES string of the molecule is Cl.Cl.NC1(C(=O)NCc2nccn2CCc2ccccc2)CCCC1. The van der Waals surface area contributed by atoms with Crippen molar-refractivity contribution < 1.29 is 4.79 Å². The van der Waals surface area contributed by atoms with Crippen molar-refractivity contribution in [3.8, 4) is 0 Å². The largest absolute Gasteiger partial charge is 0.347 e. The molecule has 0 bridgehead atoms. The Balaban J connectivity index is 0.00000156. The van der Waals surface area contributed by atoms with Gasteiger partial charge in [0.25, 0.3) is 0 Å². The number of carbonyl (C=O) groups is 1. The highest BCUT2D eigenvalue weighted by atomic mass is 35.5. The maximum atomic E-state index is 12.3. The second kappa shape index (κ2) is 9.80. The molecule has 0 spiro atoms. The Morgan fingerprint density at radius 1 is 1.20 bits per heavy atom. The number of hydrogen-bond acceptors (Lipinski definition) is 3. The number of nitrogens with zero attached hydrogens (tertiary/aromatic N) is 2. The average Bonchev–Trinajstić information content (AvgIpc) is 3.21. The van der Waals surface area contributed by atoms with Gasteiger partial charge in [-0.25, -0.2) is 4.98 Å². The number of rotatable bonds is 6. The van der Waals surface area contributed by atoms with Crippen molar-refractivity contribution in [2.24, 2.45) is 5.73 Å². The number of imidazole rings is 1. The van der Waals surface area contributed by atoms with Gasteiger partial charge in [-0.05, 0) is 24.8 Å². The van der Waals surface area contributed by atoms with Crippen molar-refractivity contribution in [1.82, 2.24) is 14.9 Å². The molecule has 1 amide bonds. The maximum absolute atomic E-state index is 12.3. The Kier molecular flexibility index (Phi) is 8.42. The number of aryl methyl sites for hydroxylation is 2. The molecule has 0 unspecified atom stereocenters. The second-order valence-electron chi connectivity index (χ2n) is 6.32. The number of nitrogens with one attached hydrogen (secondary N) is 1. The van der Waals surface area contributed by atoms with Gasteiger partial charge in [-0.15, -0.1) is 24.8 Å². The number of halogens is 2. The van der Waals surface area contributed by atoms with Gasteiger partial charge in [-0.2, -0.15) is 0 Å². The van der Waals surface area contributed by atoms with E-state index >= 15 is 0 Å².